The monoisotopic (exact) mass is 321 g/mol. The van der Waals surface area contributed by atoms with Crippen molar-refractivity contribution in [1.82, 2.24) is 5.32 Å². The van der Waals surface area contributed by atoms with Crippen molar-refractivity contribution in [2.75, 3.05) is 24.7 Å². The van der Waals surface area contributed by atoms with Crippen LogP contribution in [0, 0.1) is 5.82 Å². The Kier molecular flexibility index (Phi) is 7.84. The molecule has 0 aliphatic rings. The summed E-state index contributed by atoms with van der Waals surface area (Å²) in [6, 6.07) is 5.16. The molecule has 17 heavy (non-hydrogen) atoms. The minimum absolute atomic E-state index is 0.221. The second kappa shape index (κ2) is 8.91. The van der Waals surface area contributed by atoms with Gasteiger partial charge in [0.1, 0.15) is 5.82 Å². The molecule has 0 bridgehead atoms. The molecule has 0 unspecified atom stereocenters. The fourth-order valence-corrected chi connectivity index (χ4v) is 2.37. The zero-order chi connectivity index (χ0) is 12.5. The van der Waals surface area contributed by atoms with E-state index in [1.807, 2.05) is 17.8 Å². The lowest BCUT2D eigenvalue weighted by Gasteiger charge is -2.05. The Morgan fingerprint density at radius 1 is 1.35 bits per heavy atom. The highest BCUT2D eigenvalue weighted by atomic mass is 79.9. The van der Waals surface area contributed by atoms with Gasteiger partial charge in [0.25, 0.3) is 0 Å². The molecule has 0 spiro atoms. The first-order valence-electron chi connectivity index (χ1n) is 5.57. The van der Waals surface area contributed by atoms with Gasteiger partial charge in [-0.2, -0.15) is 11.8 Å². The Morgan fingerprint density at radius 3 is 2.88 bits per heavy atom. The summed E-state index contributed by atoms with van der Waals surface area (Å²) in [5.41, 5.74) is 0.950. The number of aliphatic hydroxyl groups excluding tert-OH is 1. The van der Waals surface area contributed by atoms with Crippen molar-refractivity contribution in [3.63, 3.8) is 0 Å². The van der Waals surface area contributed by atoms with Crippen LogP contribution < -0.4 is 5.32 Å². The highest BCUT2D eigenvalue weighted by Crippen LogP contribution is 2.16. The van der Waals surface area contributed by atoms with E-state index in [2.05, 4.69) is 21.2 Å². The minimum atomic E-state index is -0.221. The van der Waals surface area contributed by atoms with E-state index in [-0.39, 0.29) is 12.4 Å². The van der Waals surface area contributed by atoms with Crippen molar-refractivity contribution in [3.05, 3.63) is 34.1 Å². The molecular formula is C12H17BrFNOS. The maximum atomic E-state index is 13.2. The van der Waals surface area contributed by atoms with E-state index in [4.69, 9.17) is 5.11 Å². The fraction of sp³-hybridized carbons (Fsp3) is 0.500. The second-order valence-electron chi connectivity index (χ2n) is 3.61. The van der Waals surface area contributed by atoms with Crippen molar-refractivity contribution in [2.24, 2.45) is 0 Å². The van der Waals surface area contributed by atoms with E-state index < -0.39 is 0 Å². The van der Waals surface area contributed by atoms with Gasteiger partial charge in [0.2, 0.25) is 0 Å². The molecule has 1 aromatic carbocycles. The van der Waals surface area contributed by atoms with Crippen molar-refractivity contribution in [1.29, 1.82) is 0 Å². The summed E-state index contributed by atoms with van der Waals surface area (Å²) in [5.74, 6) is 1.78. The molecule has 0 aromatic heterocycles. The van der Waals surface area contributed by atoms with Crippen LogP contribution >= 0.6 is 27.7 Å². The van der Waals surface area contributed by atoms with Crippen molar-refractivity contribution in [3.8, 4) is 0 Å². The van der Waals surface area contributed by atoms with Crippen LogP contribution in [0.1, 0.15) is 12.0 Å². The number of nitrogens with one attached hydrogen (secondary N) is 1. The number of rotatable bonds is 8. The molecule has 0 fully saturated rings. The standard InChI is InChI=1S/C12H17BrFNOS/c13-11-3-2-10(8-12(11)14)9-15-4-7-17-6-1-5-16/h2-3,8,15-16H,1,4-7,9H2. The van der Waals surface area contributed by atoms with Gasteiger partial charge < -0.3 is 10.4 Å². The molecule has 0 atom stereocenters. The largest absolute Gasteiger partial charge is 0.396 e. The number of halogens is 2. The van der Waals surface area contributed by atoms with Gasteiger partial charge in [-0.05, 0) is 45.8 Å². The Bertz CT molecular complexity index is 338. The van der Waals surface area contributed by atoms with E-state index in [0.717, 1.165) is 30.0 Å². The molecular weight excluding hydrogens is 305 g/mol. The third-order valence-electron chi connectivity index (χ3n) is 2.18. The lowest BCUT2D eigenvalue weighted by molar-refractivity contribution is 0.296. The smallest absolute Gasteiger partial charge is 0.137 e. The molecule has 0 heterocycles. The summed E-state index contributed by atoms with van der Waals surface area (Å²) in [4.78, 5) is 0. The van der Waals surface area contributed by atoms with E-state index in [9.17, 15) is 4.39 Å². The molecule has 5 heteroatoms. The van der Waals surface area contributed by atoms with Gasteiger partial charge in [-0.25, -0.2) is 4.39 Å². The number of hydrogen-bond donors (Lipinski definition) is 2. The first-order chi connectivity index (χ1) is 8.24. The number of aliphatic hydroxyl groups is 1. The normalized spacial score (nSPS) is 10.8. The van der Waals surface area contributed by atoms with Gasteiger partial charge in [0.05, 0.1) is 4.47 Å². The van der Waals surface area contributed by atoms with Gasteiger partial charge in [0.15, 0.2) is 0 Å². The molecule has 0 saturated heterocycles. The predicted octanol–water partition coefficient (Wildman–Crippen LogP) is 2.79. The maximum Gasteiger partial charge on any atom is 0.137 e. The number of thioether (sulfide) groups is 1. The van der Waals surface area contributed by atoms with Gasteiger partial charge in [-0.1, -0.05) is 6.07 Å². The van der Waals surface area contributed by atoms with Gasteiger partial charge >= 0.3 is 0 Å². The summed E-state index contributed by atoms with van der Waals surface area (Å²) in [7, 11) is 0. The molecule has 1 rings (SSSR count). The van der Waals surface area contributed by atoms with Crippen LogP contribution in [0.3, 0.4) is 0 Å². The average molecular weight is 322 g/mol. The fourth-order valence-electron chi connectivity index (χ4n) is 1.30. The third kappa shape index (κ3) is 6.41. The van der Waals surface area contributed by atoms with Crippen molar-refractivity contribution < 1.29 is 9.50 Å². The summed E-state index contributed by atoms with van der Waals surface area (Å²) < 4.78 is 13.7. The van der Waals surface area contributed by atoms with Crippen molar-refractivity contribution >= 4 is 27.7 Å². The molecule has 0 aliphatic heterocycles. The number of hydrogen-bond acceptors (Lipinski definition) is 3. The molecule has 1 aromatic rings. The SMILES string of the molecule is OCCCSCCNCc1ccc(Br)c(F)c1. The van der Waals surface area contributed by atoms with Crippen LogP contribution in [0.15, 0.2) is 22.7 Å². The van der Waals surface area contributed by atoms with Gasteiger partial charge in [0, 0.05) is 25.4 Å². The summed E-state index contributed by atoms with van der Waals surface area (Å²) >= 11 is 4.94. The molecule has 0 aliphatic carbocycles. The van der Waals surface area contributed by atoms with Crippen LogP contribution in [0.2, 0.25) is 0 Å². The van der Waals surface area contributed by atoms with E-state index in [0.29, 0.717) is 11.0 Å². The van der Waals surface area contributed by atoms with Gasteiger partial charge in [-0.15, -0.1) is 0 Å². The molecule has 2 N–H and O–H groups in total. The average Bonchev–Trinajstić information content (AvgIpc) is 2.32. The highest BCUT2D eigenvalue weighted by molar-refractivity contribution is 9.10. The zero-order valence-electron chi connectivity index (χ0n) is 9.59. The molecule has 2 nitrogen and oxygen atoms in total. The molecule has 96 valence electrons. The van der Waals surface area contributed by atoms with E-state index >= 15 is 0 Å². The van der Waals surface area contributed by atoms with Gasteiger partial charge in [-0.3, -0.25) is 0 Å². The quantitative estimate of drug-likeness (QED) is 0.722. The first-order valence-corrected chi connectivity index (χ1v) is 7.52. The molecule has 0 radical (unpaired) electrons. The maximum absolute atomic E-state index is 13.2. The highest BCUT2D eigenvalue weighted by Gasteiger charge is 2.00. The summed E-state index contributed by atoms with van der Waals surface area (Å²) in [6.07, 6.45) is 0.850. The Hall–Kier alpha value is -0.100. The summed E-state index contributed by atoms with van der Waals surface area (Å²) in [5, 5.41) is 11.9. The Morgan fingerprint density at radius 2 is 2.18 bits per heavy atom. The minimum Gasteiger partial charge on any atom is -0.396 e. The molecule has 0 saturated carbocycles. The first kappa shape index (κ1) is 15.0. The molecule has 0 amide bonds. The topological polar surface area (TPSA) is 32.3 Å². The van der Waals surface area contributed by atoms with Crippen molar-refractivity contribution in [2.45, 2.75) is 13.0 Å². The van der Waals surface area contributed by atoms with E-state index in [1.165, 1.54) is 6.07 Å². The zero-order valence-corrected chi connectivity index (χ0v) is 12.0. The van der Waals surface area contributed by atoms with Crippen LogP contribution in [-0.4, -0.2) is 29.8 Å². The third-order valence-corrected chi connectivity index (χ3v) is 3.90. The van der Waals surface area contributed by atoms with Crippen LogP contribution in [-0.2, 0) is 6.54 Å². The Labute approximate surface area is 114 Å². The van der Waals surface area contributed by atoms with Crippen LogP contribution in [0.5, 0.6) is 0 Å². The lowest BCUT2D eigenvalue weighted by Crippen LogP contribution is -2.16. The Balaban J connectivity index is 2.11. The second-order valence-corrected chi connectivity index (χ2v) is 5.69. The van der Waals surface area contributed by atoms with Crippen LogP contribution in [0.4, 0.5) is 4.39 Å². The lowest BCUT2D eigenvalue weighted by atomic mass is 10.2. The van der Waals surface area contributed by atoms with E-state index in [1.54, 1.807) is 6.07 Å². The van der Waals surface area contributed by atoms with Crippen LogP contribution in [0.25, 0.3) is 0 Å². The number of benzene rings is 1. The summed E-state index contributed by atoms with van der Waals surface area (Å²) in [6.45, 7) is 1.84. The predicted molar refractivity (Wildman–Crippen MR) is 74.8 cm³/mol.